The zero-order valence-electron chi connectivity index (χ0n) is 18.8. The Morgan fingerprint density at radius 3 is 2.40 bits per heavy atom. The van der Waals surface area contributed by atoms with Crippen LogP contribution in [0.2, 0.25) is 0 Å². The Labute approximate surface area is 185 Å². The van der Waals surface area contributed by atoms with Gasteiger partial charge in [-0.1, -0.05) is 25.1 Å². The van der Waals surface area contributed by atoms with Gasteiger partial charge in [-0.3, -0.25) is 4.79 Å². The van der Waals surface area contributed by atoms with Gasteiger partial charge in [0.15, 0.2) is 5.16 Å². The van der Waals surface area contributed by atoms with Crippen LogP contribution in [0.1, 0.15) is 69.7 Å². The smallest absolute Gasteiger partial charge is 0.233 e. The van der Waals surface area contributed by atoms with E-state index >= 15 is 0 Å². The Morgan fingerprint density at radius 1 is 1.17 bits per heavy atom. The number of rotatable bonds is 7. The Morgan fingerprint density at radius 2 is 1.80 bits per heavy atom. The average molecular weight is 432 g/mol. The molecule has 166 valence electrons. The summed E-state index contributed by atoms with van der Waals surface area (Å²) in [7, 11) is 0. The SMILES string of the molecule is CCCCc1nc(SCC(=O)N2CC[NH+](C34CC5CC(CC(C5)C3)C4)CC2)[nH]c1C. The molecule has 1 aliphatic heterocycles. The molecule has 6 heteroatoms. The first-order valence-electron chi connectivity index (χ1n) is 12.4. The van der Waals surface area contributed by atoms with Gasteiger partial charge >= 0.3 is 0 Å². The van der Waals surface area contributed by atoms with Crippen LogP contribution in [-0.4, -0.2) is 58.2 Å². The molecule has 0 atom stereocenters. The van der Waals surface area contributed by atoms with Gasteiger partial charge in [-0.2, -0.15) is 0 Å². The highest BCUT2D eigenvalue weighted by molar-refractivity contribution is 7.99. The lowest BCUT2D eigenvalue weighted by molar-refractivity contribution is -0.962. The Kier molecular flexibility index (Phi) is 5.91. The lowest BCUT2D eigenvalue weighted by atomic mass is 9.52. The monoisotopic (exact) mass is 431 g/mol. The number of nitrogens with one attached hydrogen (secondary N) is 2. The van der Waals surface area contributed by atoms with Gasteiger partial charge in [0.1, 0.15) is 0 Å². The van der Waals surface area contributed by atoms with Crippen molar-refractivity contribution >= 4 is 17.7 Å². The molecule has 4 aliphatic carbocycles. The average Bonchev–Trinajstić information content (AvgIpc) is 3.09. The minimum absolute atomic E-state index is 0.286. The maximum Gasteiger partial charge on any atom is 0.233 e. The molecule has 1 amide bonds. The molecule has 5 nitrogen and oxygen atoms in total. The van der Waals surface area contributed by atoms with Crippen LogP contribution in [0.5, 0.6) is 0 Å². The molecule has 0 aromatic carbocycles. The third-order valence-electron chi connectivity index (χ3n) is 8.57. The normalized spacial score (nSPS) is 33.4. The fraction of sp³-hybridized carbons (Fsp3) is 0.833. The molecular formula is C24H39N4OS+. The number of imidazole rings is 1. The molecule has 2 heterocycles. The van der Waals surface area contributed by atoms with Gasteiger partial charge in [0, 0.05) is 25.0 Å². The molecule has 4 bridgehead atoms. The number of amides is 1. The summed E-state index contributed by atoms with van der Waals surface area (Å²) in [5.41, 5.74) is 2.89. The van der Waals surface area contributed by atoms with Crippen LogP contribution >= 0.6 is 11.8 Å². The van der Waals surface area contributed by atoms with Gasteiger partial charge in [0.05, 0.1) is 43.2 Å². The lowest BCUT2D eigenvalue weighted by Gasteiger charge is -2.59. The number of hydrogen-bond acceptors (Lipinski definition) is 3. The van der Waals surface area contributed by atoms with Crippen molar-refractivity contribution in [1.82, 2.24) is 14.9 Å². The lowest BCUT2D eigenvalue weighted by Crippen LogP contribution is -3.23. The van der Waals surface area contributed by atoms with E-state index in [9.17, 15) is 4.79 Å². The van der Waals surface area contributed by atoms with E-state index in [0.29, 0.717) is 11.3 Å². The number of H-pyrrole nitrogens is 1. The molecule has 1 aromatic rings. The molecule has 0 unspecified atom stereocenters. The molecule has 1 saturated heterocycles. The minimum Gasteiger partial charge on any atom is -0.337 e. The summed E-state index contributed by atoms with van der Waals surface area (Å²) in [6.45, 7) is 8.50. The van der Waals surface area contributed by atoms with Gasteiger partial charge in [-0.25, -0.2) is 4.98 Å². The maximum atomic E-state index is 12.8. The van der Waals surface area contributed by atoms with E-state index < -0.39 is 0 Å². The van der Waals surface area contributed by atoms with E-state index in [-0.39, 0.29) is 5.91 Å². The molecular weight excluding hydrogens is 392 g/mol. The number of piperazine rings is 1. The quantitative estimate of drug-likeness (QED) is 0.653. The molecule has 4 saturated carbocycles. The molecule has 0 radical (unpaired) electrons. The number of thioether (sulfide) groups is 1. The summed E-state index contributed by atoms with van der Waals surface area (Å²) in [6.07, 6.45) is 12.3. The van der Waals surface area contributed by atoms with Crippen molar-refractivity contribution in [3.8, 4) is 0 Å². The van der Waals surface area contributed by atoms with E-state index in [2.05, 4.69) is 23.7 Å². The summed E-state index contributed by atoms with van der Waals surface area (Å²) in [4.78, 5) is 24.9. The number of unbranched alkanes of at least 4 members (excludes halogenated alkanes) is 1. The summed E-state index contributed by atoms with van der Waals surface area (Å²) in [6, 6.07) is 0. The molecule has 0 spiro atoms. The molecule has 5 fully saturated rings. The summed E-state index contributed by atoms with van der Waals surface area (Å²) >= 11 is 1.57. The van der Waals surface area contributed by atoms with E-state index in [1.807, 2.05) is 4.90 Å². The number of carbonyl (C=O) groups is 1. The standard InChI is InChI=1S/C24H38N4OS/c1-3-4-5-21-17(2)25-23(26-21)30-16-22(29)27-6-8-28(9-7-27)24-13-18-10-19(14-24)12-20(11-18)15-24/h18-20H,3-16H2,1-2H3,(H,25,26)/p+1. The second-order valence-electron chi connectivity index (χ2n) is 10.7. The van der Waals surface area contributed by atoms with E-state index in [1.54, 1.807) is 11.8 Å². The summed E-state index contributed by atoms with van der Waals surface area (Å²) in [5.74, 6) is 3.83. The molecule has 6 rings (SSSR count). The van der Waals surface area contributed by atoms with Crippen LogP contribution in [0.4, 0.5) is 0 Å². The Hall–Kier alpha value is -1.01. The maximum absolute atomic E-state index is 12.8. The van der Waals surface area contributed by atoms with Gasteiger partial charge in [-0.15, -0.1) is 0 Å². The molecule has 1 aromatic heterocycles. The van der Waals surface area contributed by atoms with Crippen molar-refractivity contribution in [2.45, 2.75) is 82.3 Å². The highest BCUT2D eigenvalue weighted by Crippen LogP contribution is 2.54. The third-order valence-corrected chi connectivity index (χ3v) is 9.43. The largest absolute Gasteiger partial charge is 0.337 e. The van der Waals surface area contributed by atoms with Crippen molar-refractivity contribution in [1.29, 1.82) is 0 Å². The Balaban J connectivity index is 1.11. The predicted molar refractivity (Wildman–Crippen MR) is 121 cm³/mol. The van der Waals surface area contributed by atoms with Gasteiger partial charge in [0.2, 0.25) is 5.91 Å². The zero-order chi connectivity index (χ0) is 20.7. The first-order valence-corrected chi connectivity index (χ1v) is 13.3. The first-order chi connectivity index (χ1) is 14.5. The highest BCUT2D eigenvalue weighted by atomic mass is 32.2. The van der Waals surface area contributed by atoms with Crippen LogP contribution in [0, 0.1) is 24.7 Å². The fourth-order valence-electron chi connectivity index (χ4n) is 7.44. The zero-order valence-corrected chi connectivity index (χ0v) is 19.7. The van der Waals surface area contributed by atoms with Crippen molar-refractivity contribution < 1.29 is 9.69 Å². The van der Waals surface area contributed by atoms with Crippen LogP contribution in [0.3, 0.4) is 0 Å². The number of aromatic nitrogens is 2. The fourth-order valence-corrected chi connectivity index (χ4v) is 8.29. The van der Waals surface area contributed by atoms with E-state index in [4.69, 9.17) is 4.98 Å². The number of carbonyl (C=O) groups excluding carboxylic acids is 1. The Bertz CT molecular complexity index is 732. The number of aryl methyl sites for hydroxylation is 2. The number of nitrogens with zero attached hydrogens (tertiary/aromatic N) is 2. The summed E-state index contributed by atoms with van der Waals surface area (Å²) in [5, 5.41) is 0.907. The molecule has 30 heavy (non-hydrogen) atoms. The van der Waals surface area contributed by atoms with Gasteiger partial charge < -0.3 is 14.8 Å². The predicted octanol–water partition coefficient (Wildman–Crippen LogP) is 2.85. The second kappa shape index (κ2) is 8.50. The second-order valence-corrected chi connectivity index (χ2v) is 11.7. The topological polar surface area (TPSA) is 53.4 Å². The number of quaternary nitrogens is 1. The van der Waals surface area contributed by atoms with Crippen molar-refractivity contribution in [2.24, 2.45) is 17.8 Å². The van der Waals surface area contributed by atoms with Crippen molar-refractivity contribution in [3.05, 3.63) is 11.4 Å². The highest BCUT2D eigenvalue weighted by Gasteiger charge is 2.56. The number of aromatic amines is 1. The van der Waals surface area contributed by atoms with Gasteiger partial charge in [0.25, 0.3) is 0 Å². The molecule has 2 N–H and O–H groups in total. The summed E-state index contributed by atoms with van der Waals surface area (Å²) < 4.78 is 0. The first kappa shape index (κ1) is 20.9. The number of hydrogen-bond donors (Lipinski definition) is 2. The van der Waals surface area contributed by atoms with Gasteiger partial charge in [-0.05, 0) is 56.8 Å². The van der Waals surface area contributed by atoms with Crippen LogP contribution in [-0.2, 0) is 11.2 Å². The van der Waals surface area contributed by atoms with Crippen LogP contribution in [0.25, 0.3) is 0 Å². The third kappa shape index (κ3) is 4.06. The van der Waals surface area contributed by atoms with Crippen LogP contribution in [0.15, 0.2) is 5.16 Å². The van der Waals surface area contributed by atoms with E-state index in [1.165, 1.54) is 57.1 Å². The minimum atomic E-state index is 0.286. The van der Waals surface area contributed by atoms with E-state index in [0.717, 1.165) is 61.2 Å². The van der Waals surface area contributed by atoms with Crippen molar-refractivity contribution in [2.75, 3.05) is 31.9 Å². The van der Waals surface area contributed by atoms with Crippen molar-refractivity contribution in [3.63, 3.8) is 0 Å². The molecule has 5 aliphatic rings. The van der Waals surface area contributed by atoms with Crippen LogP contribution < -0.4 is 4.90 Å².